The Morgan fingerprint density at radius 3 is 2.33 bits per heavy atom. The third kappa shape index (κ3) is 1.37. The summed E-state index contributed by atoms with van der Waals surface area (Å²) in [5, 5.41) is 10.0. The van der Waals surface area contributed by atoms with E-state index in [0.29, 0.717) is 20.1 Å². The minimum atomic E-state index is -0.115. The molecular formula is C7H6BrCl2NO. The van der Waals surface area contributed by atoms with E-state index in [4.69, 9.17) is 28.9 Å². The van der Waals surface area contributed by atoms with Crippen LogP contribution in [0.4, 0.5) is 5.69 Å². The zero-order chi connectivity index (χ0) is 9.46. The maximum Gasteiger partial charge on any atom is 0.155 e. The van der Waals surface area contributed by atoms with E-state index in [2.05, 4.69) is 15.9 Å². The van der Waals surface area contributed by atoms with E-state index in [-0.39, 0.29) is 11.4 Å². The zero-order valence-corrected chi connectivity index (χ0v) is 9.26. The highest BCUT2D eigenvalue weighted by molar-refractivity contribution is 9.10. The van der Waals surface area contributed by atoms with Crippen LogP contribution >= 0.6 is 39.1 Å². The molecule has 0 atom stereocenters. The monoisotopic (exact) mass is 269 g/mol. The number of nitrogen functional groups attached to an aromatic ring is 1. The first-order chi connectivity index (χ1) is 5.46. The Kier molecular flexibility index (Phi) is 2.76. The van der Waals surface area contributed by atoms with Gasteiger partial charge in [-0.2, -0.15) is 0 Å². The van der Waals surface area contributed by atoms with Gasteiger partial charge in [-0.15, -0.1) is 0 Å². The Labute approximate surface area is 88.4 Å². The fraction of sp³-hybridized carbons (Fsp3) is 0.143. The number of halogens is 3. The van der Waals surface area contributed by atoms with Crippen LogP contribution < -0.4 is 5.73 Å². The summed E-state index contributed by atoms with van der Waals surface area (Å²) in [4.78, 5) is 0. The number of nitrogens with two attached hydrogens (primary N) is 1. The van der Waals surface area contributed by atoms with Gasteiger partial charge < -0.3 is 10.8 Å². The van der Waals surface area contributed by atoms with Crippen LogP contribution in [0.25, 0.3) is 0 Å². The van der Waals surface area contributed by atoms with Crippen LogP contribution in [0.5, 0.6) is 5.75 Å². The van der Waals surface area contributed by atoms with Crippen molar-refractivity contribution in [3.05, 3.63) is 20.1 Å². The molecule has 5 heteroatoms. The van der Waals surface area contributed by atoms with Gasteiger partial charge in [-0.1, -0.05) is 23.2 Å². The number of hydrogen-bond donors (Lipinski definition) is 2. The van der Waals surface area contributed by atoms with E-state index >= 15 is 0 Å². The fourth-order valence-corrected chi connectivity index (χ4v) is 1.72. The first-order valence-corrected chi connectivity index (χ1v) is 4.63. The molecule has 0 aliphatic heterocycles. The predicted octanol–water partition coefficient (Wildman–Crippen LogP) is 3.35. The lowest BCUT2D eigenvalue weighted by atomic mass is 10.2. The molecule has 12 heavy (non-hydrogen) atoms. The zero-order valence-electron chi connectivity index (χ0n) is 6.16. The molecule has 0 spiro atoms. The second-order valence-corrected chi connectivity index (χ2v) is 3.88. The van der Waals surface area contributed by atoms with E-state index in [1.165, 1.54) is 0 Å². The van der Waals surface area contributed by atoms with Gasteiger partial charge in [0.15, 0.2) is 5.75 Å². The molecule has 0 aromatic heterocycles. The largest absolute Gasteiger partial charge is 0.505 e. The standard InChI is InChI=1S/C7H6BrCl2NO/c1-2-4(9)3(8)7(12)6(11)5(2)10/h12H,11H2,1H3. The summed E-state index contributed by atoms with van der Waals surface area (Å²) in [5.74, 6) is -0.115. The highest BCUT2D eigenvalue weighted by atomic mass is 79.9. The average Bonchev–Trinajstić information content (AvgIpc) is 2.08. The summed E-state index contributed by atoms with van der Waals surface area (Å²) in [7, 11) is 0. The molecule has 0 unspecified atom stereocenters. The summed E-state index contributed by atoms with van der Waals surface area (Å²) >= 11 is 14.7. The summed E-state index contributed by atoms with van der Waals surface area (Å²) in [6.45, 7) is 1.73. The SMILES string of the molecule is Cc1c(Cl)c(N)c(O)c(Br)c1Cl. The maximum atomic E-state index is 9.35. The maximum absolute atomic E-state index is 9.35. The minimum absolute atomic E-state index is 0.115. The van der Waals surface area contributed by atoms with Crippen molar-refractivity contribution in [1.82, 2.24) is 0 Å². The predicted molar refractivity (Wildman–Crippen MR) is 55.0 cm³/mol. The molecule has 0 bridgehead atoms. The van der Waals surface area contributed by atoms with Crippen LogP contribution in [-0.2, 0) is 0 Å². The van der Waals surface area contributed by atoms with Crippen LogP contribution in [0.3, 0.4) is 0 Å². The Morgan fingerprint density at radius 2 is 1.83 bits per heavy atom. The molecule has 1 aromatic rings. The first kappa shape index (κ1) is 9.96. The third-order valence-corrected chi connectivity index (χ3v) is 3.51. The number of phenols is 1. The molecule has 0 aliphatic carbocycles. The first-order valence-electron chi connectivity index (χ1n) is 3.08. The Morgan fingerprint density at radius 1 is 1.33 bits per heavy atom. The third-order valence-electron chi connectivity index (χ3n) is 1.55. The summed E-state index contributed by atoms with van der Waals surface area (Å²) in [6, 6.07) is 0. The number of phenolic OH excluding ortho intramolecular Hbond substituents is 1. The number of rotatable bonds is 0. The Hall–Kier alpha value is -0.120. The molecule has 1 aromatic carbocycles. The van der Waals surface area contributed by atoms with E-state index in [1.54, 1.807) is 6.92 Å². The molecule has 0 radical (unpaired) electrons. The topological polar surface area (TPSA) is 46.2 Å². The normalized spacial score (nSPS) is 10.3. The average molecular weight is 271 g/mol. The van der Waals surface area contributed by atoms with Crippen molar-refractivity contribution in [3.63, 3.8) is 0 Å². The molecule has 0 saturated carbocycles. The molecule has 3 N–H and O–H groups in total. The van der Waals surface area contributed by atoms with Gasteiger partial charge >= 0.3 is 0 Å². The number of anilines is 1. The van der Waals surface area contributed by atoms with Gasteiger partial charge in [0.1, 0.15) is 0 Å². The van der Waals surface area contributed by atoms with E-state index in [9.17, 15) is 5.11 Å². The second kappa shape index (κ2) is 3.32. The summed E-state index contributed by atoms with van der Waals surface area (Å²) < 4.78 is 0.378. The van der Waals surface area contributed by atoms with Gasteiger partial charge in [0.2, 0.25) is 0 Å². The lowest BCUT2D eigenvalue weighted by Gasteiger charge is -2.09. The fourth-order valence-electron chi connectivity index (χ4n) is 0.789. The van der Waals surface area contributed by atoms with E-state index < -0.39 is 0 Å². The molecular weight excluding hydrogens is 265 g/mol. The van der Waals surface area contributed by atoms with Crippen molar-refractivity contribution in [2.75, 3.05) is 5.73 Å². The highest BCUT2D eigenvalue weighted by Gasteiger charge is 2.15. The minimum Gasteiger partial charge on any atom is -0.505 e. The van der Waals surface area contributed by atoms with Crippen molar-refractivity contribution in [3.8, 4) is 5.75 Å². The molecule has 66 valence electrons. The number of aromatic hydroxyl groups is 1. The van der Waals surface area contributed by atoms with Crippen LogP contribution in [0.1, 0.15) is 5.56 Å². The molecule has 0 aliphatic rings. The van der Waals surface area contributed by atoms with Crippen molar-refractivity contribution in [2.45, 2.75) is 6.92 Å². The Bertz CT molecular complexity index is 236. The summed E-state index contributed by atoms with van der Waals surface area (Å²) in [6.07, 6.45) is 0. The molecule has 0 fully saturated rings. The Balaban J connectivity index is 3.60. The van der Waals surface area contributed by atoms with Crippen molar-refractivity contribution >= 4 is 44.8 Å². The van der Waals surface area contributed by atoms with Crippen molar-refractivity contribution in [2.24, 2.45) is 0 Å². The van der Waals surface area contributed by atoms with Gasteiger partial charge in [0, 0.05) is 0 Å². The van der Waals surface area contributed by atoms with Crippen molar-refractivity contribution < 1.29 is 5.11 Å². The van der Waals surface area contributed by atoms with Crippen LogP contribution in [-0.4, -0.2) is 5.11 Å². The van der Waals surface area contributed by atoms with Gasteiger partial charge in [0.05, 0.1) is 20.2 Å². The molecule has 0 amide bonds. The van der Waals surface area contributed by atoms with E-state index in [1.807, 2.05) is 0 Å². The van der Waals surface area contributed by atoms with Gasteiger partial charge in [0.25, 0.3) is 0 Å². The smallest absolute Gasteiger partial charge is 0.155 e. The van der Waals surface area contributed by atoms with E-state index in [0.717, 1.165) is 0 Å². The second-order valence-electron chi connectivity index (χ2n) is 2.33. The quantitative estimate of drug-likeness (QED) is 0.431. The van der Waals surface area contributed by atoms with Crippen LogP contribution in [0.2, 0.25) is 10.0 Å². The van der Waals surface area contributed by atoms with Gasteiger partial charge in [-0.3, -0.25) is 0 Å². The number of hydrogen-bond acceptors (Lipinski definition) is 2. The van der Waals surface area contributed by atoms with Gasteiger partial charge in [-0.25, -0.2) is 0 Å². The van der Waals surface area contributed by atoms with Gasteiger partial charge in [-0.05, 0) is 28.4 Å². The molecule has 0 saturated heterocycles. The molecule has 1 rings (SSSR count). The lowest BCUT2D eigenvalue weighted by Crippen LogP contribution is -1.92. The number of benzene rings is 1. The van der Waals surface area contributed by atoms with Crippen molar-refractivity contribution in [1.29, 1.82) is 0 Å². The summed E-state index contributed by atoms with van der Waals surface area (Å²) in [5.41, 5.74) is 6.28. The highest BCUT2D eigenvalue weighted by Crippen LogP contribution is 2.43. The molecule has 2 nitrogen and oxygen atoms in total. The molecule has 0 heterocycles. The van der Waals surface area contributed by atoms with Crippen LogP contribution in [0.15, 0.2) is 4.47 Å². The van der Waals surface area contributed by atoms with Crippen LogP contribution in [0, 0.1) is 6.92 Å². The lowest BCUT2D eigenvalue weighted by molar-refractivity contribution is 0.474.